The quantitative estimate of drug-likeness (QED) is 0.634. The van der Waals surface area contributed by atoms with Gasteiger partial charge in [-0.2, -0.15) is 11.8 Å². The predicted octanol–water partition coefficient (Wildman–Crippen LogP) is 0.332. The number of rotatable bonds is 5. The Hall–Kier alpha value is -0.220. The summed E-state index contributed by atoms with van der Waals surface area (Å²) in [5, 5.41) is 0. The third-order valence-corrected chi connectivity index (χ3v) is 2.49. The van der Waals surface area contributed by atoms with Crippen molar-refractivity contribution in [1.82, 2.24) is 0 Å². The summed E-state index contributed by atoms with van der Waals surface area (Å²) in [4.78, 5) is 10.5. The summed E-state index contributed by atoms with van der Waals surface area (Å²) in [5.74, 6) is 1.48. The fraction of sp³-hybridized carbons (Fsp3) is 0.857. The second-order valence-corrected chi connectivity index (χ2v) is 4.21. The average Bonchev–Trinajstić information content (AvgIpc) is 1.81. The third kappa shape index (κ3) is 6.19. The molecular weight excluding hydrogens is 160 g/mol. The Balaban J connectivity index is 3.70. The largest absolute Gasteiger partial charge is 0.370 e. The molecule has 0 aliphatic carbocycles. The zero-order valence-electron chi connectivity index (χ0n) is 7.09. The Morgan fingerprint density at radius 3 is 2.55 bits per heavy atom. The maximum atomic E-state index is 10.5. The zero-order valence-corrected chi connectivity index (χ0v) is 7.91. The van der Waals surface area contributed by atoms with Crippen molar-refractivity contribution >= 4 is 17.7 Å². The molecule has 0 heterocycles. The molecule has 0 aromatic heterocycles. The van der Waals surface area contributed by atoms with Crippen molar-refractivity contribution in [2.45, 2.75) is 25.8 Å². The molecule has 0 radical (unpaired) electrons. The molecule has 4 N–H and O–H groups in total. The molecule has 0 rings (SSSR count). The van der Waals surface area contributed by atoms with Gasteiger partial charge in [0.1, 0.15) is 0 Å². The number of thioether (sulfide) groups is 1. The van der Waals surface area contributed by atoms with Crippen LogP contribution in [0.25, 0.3) is 0 Å². The van der Waals surface area contributed by atoms with E-state index in [0.717, 1.165) is 11.5 Å². The van der Waals surface area contributed by atoms with E-state index in [4.69, 9.17) is 11.5 Å². The molecule has 3 nitrogen and oxygen atoms in total. The summed E-state index contributed by atoms with van der Waals surface area (Å²) in [6.45, 7) is 3.91. The van der Waals surface area contributed by atoms with E-state index in [0.29, 0.717) is 0 Å². The van der Waals surface area contributed by atoms with Gasteiger partial charge in [0.15, 0.2) is 0 Å². The van der Waals surface area contributed by atoms with Crippen LogP contribution in [0.4, 0.5) is 0 Å². The van der Waals surface area contributed by atoms with Crippen LogP contribution in [0.3, 0.4) is 0 Å². The molecule has 0 aromatic rings. The highest BCUT2D eigenvalue weighted by atomic mass is 32.2. The summed E-state index contributed by atoms with van der Waals surface area (Å²) in [6, 6.07) is 0. The lowest BCUT2D eigenvalue weighted by Crippen LogP contribution is -2.42. The van der Waals surface area contributed by atoms with Crippen molar-refractivity contribution in [2.24, 2.45) is 11.5 Å². The lowest BCUT2D eigenvalue weighted by molar-refractivity contribution is -0.118. The molecule has 0 saturated carbocycles. The van der Waals surface area contributed by atoms with Crippen LogP contribution in [-0.4, -0.2) is 23.0 Å². The van der Waals surface area contributed by atoms with Crippen LogP contribution in [-0.2, 0) is 4.79 Å². The maximum absolute atomic E-state index is 10.5. The first-order valence-corrected chi connectivity index (χ1v) is 4.78. The van der Waals surface area contributed by atoms with Crippen molar-refractivity contribution in [3.05, 3.63) is 0 Å². The number of nitrogens with two attached hydrogens (primary N) is 2. The first kappa shape index (κ1) is 10.8. The normalized spacial score (nSPS) is 15.9. The van der Waals surface area contributed by atoms with Gasteiger partial charge in [-0.15, -0.1) is 0 Å². The summed E-state index contributed by atoms with van der Waals surface area (Å²) in [6.07, 6.45) is 0.264. The number of amides is 1. The molecular formula is C7H16N2OS. The number of carbonyl (C=O) groups excluding carboxylic acids is 1. The van der Waals surface area contributed by atoms with Gasteiger partial charge in [-0.05, 0) is 12.7 Å². The van der Waals surface area contributed by atoms with E-state index in [1.807, 2.05) is 6.92 Å². The minimum absolute atomic E-state index is 0.264. The molecule has 0 saturated heterocycles. The Morgan fingerprint density at radius 1 is 1.64 bits per heavy atom. The lowest BCUT2D eigenvalue weighted by atomic mass is 10.0. The van der Waals surface area contributed by atoms with E-state index in [2.05, 4.69) is 6.92 Å². The zero-order chi connectivity index (χ0) is 8.91. The Morgan fingerprint density at radius 2 is 2.18 bits per heavy atom. The number of carbonyl (C=O) groups is 1. The van der Waals surface area contributed by atoms with Gasteiger partial charge < -0.3 is 11.5 Å². The molecule has 66 valence electrons. The molecule has 0 aliphatic heterocycles. The van der Waals surface area contributed by atoms with Crippen LogP contribution in [0, 0.1) is 0 Å². The highest BCUT2D eigenvalue weighted by Crippen LogP contribution is 2.13. The molecule has 1 atom stereocenters. The first-order valence-electron chi connectivity index (χ1n) is 3.63. The first-order chi connectivity index (χ1) is 4.98. The number of primary amides is 1. The highest BCUT2D eigenvalue weighted by molar-refractivity contribution is 7.99. The molecule has 0 spiro atoms. The Labute approximate surface area is 71.9 Å². The van der Waals surface area contributed by atoms with Crippen molar-refractivity contribution < 1.29 is 4.79 Å². The van der Waals surface area contributed by atoms with Gasteiger partial charge in [-0.3, -0.25) is 4.79 Å². The SMILES string of the molecule is CCSCC(C)(N)CC(N)=O. The van der Waals surface area contributed by atoms with Gasteiger partial charge in [0.05, 0.1) is 0 Å². The Bertz CT molecular complexity index is 136. The van der Waals surface area contributed by atoms with Gasteiger partial charge >= 0.3 is 0 Å². The Kier molecular flexibility index (Phi) is 4.52. The number of hydrogen-bond acceptors (Lipinski definition) is 3. The third-order valence-electron chi connectivity index (χ3n) is 1.21. The van der Waals surface area contributed by atoms with Crippen LogP contribution in [0.2, 0.25) is 0 Å². The summed E-state index contributed by atoms with van der Waals surface area (Å²) in [5.41, 5.74) is 10.4. The maximum Gasteiger partial charge on any atom is 0.219 e. The second kappa shape index (κ2) is 4.62. The van der Waals surface area contributed by atoms with E-state index in [-0.39, 0.29) is 12.3 Å². The van der Waals surface area contributed by atoms with Crippen LogP contribution in [0.15, 0.2) is 0 Å². The standard InChI is InChI=1S/C7H16N2OS/c1-3-11-5-7(2,9)4-6(8)10/h3-5,9H2,1-2H3,(H2,8,10). The molecule has 0 bridgehead atoms. The van der Waals surface area contributed by atoms with Crippen LogP contribution >= 0.6 is 11.8 Å². The fourth-order valence-electron chi connectivity index (χ4n) is 0.784. The van der Waals surface area contributed by atoms with Crippen LogP contribution in [0.1, 0.15) is 20.3 Å². The van der Waals surface area contributed by atoms with Gasteiger partial charge in [-0.25, -0.2) is 0 Å². The second-order valence-electron chi connectivity index (χ2n) is 2.93. The lowest BCUT2D eigenvalue weighted by Gasteiger charge is -2.21. The van der Waals surface area contributed by atoms with E-state index < -0.39 is 5.54 Å². The van der Waals surface area contributed by atoms with Crippen LogP contribution < -0.4 is 11.5 Å². The van der Waals surface area contributed by atoms with Gasteiger partial charge in [-0.1, -0.05) is 6.92 Å². The predicted molar refractivity (Wildman–Crippen MR) is 49.4 cm³/mol. The van der Waals surface area contributed by atoms with Crippen molar-refractivity contribution in [3.8, 4) is 0 Å². The summed E-state index contributed by atoms with van der Waals surface area (Å²) < 4.78 is 0. The van der Waals surface area contributed by atoms with E-state index in [1.54, 1.807) is 11.8 Å². The minimum Gasteiger partial charge on any atom is -0.370 e. The van der Waals surface area contributed by atoms with E-state index in [1.165, 1.54) is 0 Å². The van der Waals surface area contributed by atoms with Gasteiger partial charge in [0.25, 0.3) is 0 Å². The molecule has 1 amide bonds. The average molecular weight is 176 g/mol. The van der Waals surface area contributed by atoms with E-state index >= 15 is 0 Å². The topological polar surface area (TPSA) is 69.1 Å². The minimum atomic E-state index is -0.438. The molecule has 0 aromatic carbocycles. The van der Waals surface area contributed by atoms with Crippen molar-refractivity contribution in [1.29, 1.82) is 0 Å². The smallest absolute Gasteiger partial charge is 0.219 e. The molecule has 0 fully saturated rings. The molecule has 0 aliphatic rings. The van der Waals surface area contributed by atoms with E-state index in [9.17, 15) is 4.79 Å². The molecule has 4 heteroatoms. The molecule has 11 heavy (non-hydrogen) atoms. The molecule has 1 unspecified atom stereocenters. The fourth-order valence-corrected chi connectivity index (χ4v) is 1.56. The summed E-state index contributed by atoms with van der Waals surface area (Å²) >= 11 is 1.72. The summed E-state index contributed by atoms with van der Waals surface area (Å²) in [7, 11) is 0. The monoisotopic (exact) mass is 176 g/mol. The number of hydrogen-bond donors (Lipinski definition) is 2. The van der Waals surface area contributed by atoms with Crippen molar-refractivity contribution in [3.63, 3.8) is 0 Å². The highest BCUT2D eigenvalue weighted by Gasteiger charge is 2.20. The van der Waals surface area contributed by atoms with Crippen molar-refractivity contribution in [2.75, 3.05) is 11.5 Å². The van der Waals surface area contributed by atoms with Gasteiger partial charge in [0, 0.05) is 17.7 Å². The van der Waals surface area contributed by atoms with Gasteiger partial charge in [0.2, 0.25) is 5.91 Å². The van der Waals surface area contributed by atoms with Crippen LogP contribution in [0.5, 0.6) is 0 Å².